The van der Waals surface area contributed by atoms with Crippen LogP contribution in [0.2, 0.25) is 0 Å². The Morgan fingerprint density at radius 1 is 1.33 bits per heavy atom. The molecular weight excluding hydrogens is 248 g/mol. The number of hydrogen-bond donors (Lipinski definition) is 1. The summed E-state index contributed by atoms with van der Waals surface area (Å²) in [5, 5.41) is -0.273. The van der Waals surface area contributed by atoms with E-state index in [1.54, 1.807) is 13.8 Å². The highest BCUT2D eigenvalue weighted by molar-refractivity contribution is 7.92. The fourth-order valence-corrected chi connectivity index (χ4v) is 3.77. The fraction of sp³-hybridized carbons (Fsp3) is 1.00. The molecule has 2 atom stereocenters. The molecule has 0 aromatic heterocycles. The Kier molecular flexibility index (Phi) is 6.08. The van der Waals surface area contributed by atoms with Crippen LogP contribution in [-0.4, -0.2) is 50.0 Å². The molecule has 0 heterocycles. The molecule has 0 spiro atoms. The summed E-state index contributed by atoms with van der Waals surface area (Å²) >= 11 is 0. The van der Waals surface area contributed by atoms with E-state index in [1.165, 1.54) is 12.8 Å². The lowest BCUT2D eigenvalue weighted by molar-refractivity contribution is 0.180. The Morgan fingerprint density at radius 3 is 2.50 bits per heavy atom. The summed E-state index contributed by atoms with van der Waals surface area (Å²) in [7, 11) is -2.93. The van der Waals surface area contributed by atoms with Crippen molar-refractivity contribution in [3.63, 3.8) is 0 Å². The Morgan fingerprint density at radius 2 is 2.00 bits per heavy atom. The summed E-state index contributed by atoms with van der Waals surface area (Å²) in [6.45, 7) is 7.90. The van der Waals surface area contributed by atoms with Crippen LogP contribution in [0.15, 0.2) is 0 Å². The van der Waals surface area contributed by atoms with E-state index in [-0.39, 0.29) is 11.0 Å². The van der Waals surface area contributed by atoms with Gasteiger partial charge in [0.05, 0.1) is 11.0 Å². The number of hydrogen-bond acceptors (Lipinski definition) is 4. The maximum absolute atomic E-state index is 11.9. The van der Waals surface area contributed by atoms with Crippen molar-refractivity contribution >= 4 is 9.84 Å². The minimum Gasteiger partial charge on any atom is -0.330 e. The van der Waals surface area contributed by atoms with Crippen LogP contribution in [0, 0.1) is 5.92 Å². The Hall–Kier alpha value is -0.130. The van der Waals surface area contributed by atoms with Gasteiger partial charge in [0.25, 0.3) is 0 Å². The largest absolute Gasteiger partial charge is 0.330 e. The first-order chi connectivity index (χ1) is 8.42. The van der Waals surface area contributed by atoms with Crippen molar-refractivity contribution in [2.24, 2.45) is 11.7 Å². The Balaban J connectivity index is 2.57. The lowest BCUT2D eigenvalue weighted by Crippen LogP contribution is -2.43. The zero-order chi connectivity index (χ0) is 13.8. The van der Waals surface area contributed by atoms with E-state index in [0.717, 1.165) is 19.5 Å². The predicted molar refractivity (Wildman–Crippen MR) is 76.4 cm³/mol. The lowest BCUT2D eigenvalue weighted by Gasteiger charge is -2.31. The first-order valence-corrected chi connectivity index (χ1v) is 8.79. The molecule has 0 aromatic carbocycles. The molecule has 0 aliphatic heterocycles. The fourth-order valence-electron chi connectivity index (χ4n) is 2.81. The Bertz CT molecular complexity index is 341. The summed E-state index contributed by atoms with van der Waals surface area (Å²) in [5.74, 6) is 0.818. The van der Waals surface area contributed by atoms with Gasteiger partial charge in [0.1, 0.15) is 0 Å². The number of rotatable bonds is 7. The van der Waals surface area contributed by atoms with Crippen molar-refractivity contribution in [3.05, 3.63) is 0 Å². The molecule has 1 aliphatic carbocycles. The molecule has 5 heteroatoms. The van der Waals surface area contributed by atoms with Crippen molar-refractivity contribution in [1.82, 2.24) is 4.90 Å². The van der Waals surface area contributed by atoms with Gasteiger partial charge in [0, 0.05) is 12.6 Å². The van der Waals surface area contributed by atoms with Gasteiger partial charge in [-0.15, -0.1) is 0 Å². The second-order valence-corrected chi connectivity index (χ2v) is 8.22. The highest BCUT2D eigenvalue weighted by atomic mass is 32.2. The maximum atomic E-state index is 11.9. The summed E-state index contributed by atoms with van der Waals surface area (Å²) in [6.07, 6.45) is 3.58. The molecule has 18 heavy (non-hydrogen) atoms. The highest BCUT2D eigenvalue weighted by Crippen LogP contribution is 2.29. The summed E-state index contributed by atoms with van der Waals surface area (Å²) in [5.41, 5.74) is 5.80. The van der Waals surface area contributed by atoms with Crippen LogP contribution in [-0.2, 0) is 9.84 Å². The van der Waals surface area contributed by atoms with Crippen molar-refractivity contribution in [2.45, 2.75) is 51.3 Å². The zero-order valence-corrected chi connectivity index (χ0v) is 12.7. The highest BCUT2D eigenvalue weighted by Gasteiger charge is 2.31. The van der Waals surface area contributed by atoms with Crippen LogP contribution in [0.3, 0.4) is 0 Å². The summed E-state index contributed by atoms with van der Waals surface area (Å²) < 4.78 is 23.7. The SMILES string of the molecule is CCN(CCS(=O)(=O)C(C)C)C1CCCC1CN. The van der Waals surface area contributed by atoms with E-state index in [9.17, 15) is 8.42 Å². The van der Waals surface area contributed by atoms with E-state index in [0.29, 0.717) is 18.5 Å². The third-order valence-corrected chi connectivity index (χ3v) is 6.37. The molecule has 0 bridgehead atoms. The standard InChI is InChI=1S/C13H28N2O2S/c1-4-15(8-9-18(16,17)11(2)3)13-7-5-6-12(13)10-14/h11-13H,4-10,14H2,1-3H3. The van der Waals surface area contributed by atoms with E-state index >= 15 is 0 Å². The third-order valence-electron chi connectivity index (χ3n) is 4.18. The molecule has 0 aromatic rings. The molecule has 0 amide bonds. The molecule has 0 saturated heterocycles. The van der Waals surface area contributed by atoms with Crippen LogP contribution in [0.1, 0.15) is 40.0 Å². The molecule has 1 fully saturated rings. The molecule has 2 unspecified atom stereocenters. The minimum atomic E-state index is -2.93. The van der Waals surface area contributed by atoms with Gasteiger partial charge in [-0.3, -0.25) is 4.90 Å². The van der Waals surface area contributed by atoms with Gasteiger partial charge < -0.3 is 5.73 Å². The van der Waals surface area contributed by atoms with E-state index in [2.05, 4.69) is 11.8 Å². The number of sulfone groups is 1. The van der Waals surface area contributed by atoms with Gasteiger partial charge in [-0.2, -0.15) is 0 Å². The molecular formula is C13H28N2O2S. The molecule has 4 nitrogen and oxygen atoms in total. The van der Waals surface area contributed by atoms with Gasteiger partial charge in [-0.25, -0.2) is 8.42 Å². The topological polar surface area (TPSA) is 63.4 Å². The van der Waals surface area contributed by atoms with E-state index < -0.39 is 9.84 Å². The van der Waals surface area contributed by atoms with Crippen LogP contribution < -0.4 is 5.73 Å². The van der Waals surface area contributed by atoms with Crippen LogP contribution >= 0.6 is 0 Å². The predicted octanol–water partition coefficient (Wildman–Crippen LogP) is 1.26. The van der Waals surface area contributed by atoms with E-state index in [1.807, 2.05) is 0 Å². The maximum Gasteiger partial charge on any atom is 0.153 e. The van der Waals surface area contributed by atoms with Crippen LogP contribution in [0.4, 0.5) is 0 Å². The third kappa shape index (κ3) is 3.93. The van der Waals surface area contributed by atoms with E-state index in [4.69, 9.17) is 5.73 Å². The van der Waals surface area contributed by atoms with Gasteiger partial charge in [-0.1, -0.05) is 13.3 Å². The van der Waals surface area contributed by atoms with Crippen LogP contribution in [0.5, 0.6) is 0 Å². The van der Waals surface area contributed by atoms with Crippen molar-refractivity contribution < 1.29 is 8.42 Å². The molecule has 2 N–H and O–H groups in total. The second-order valence-electron chi connectivity index (χ2n) is 5.54. The Labute approximate surface area is 112 Å². The summed E-state index contributed by atoms with van der Waals surface area (Å²) in [6, 6.07) is 0.488. The minimum absolute atomic E-state index is 0.270. The van der Waals surface area contributed by atoms with Gasteiger partial charge in [0.2, 0.25) is 0 Å². The van der Waals surface area contributed by atoms with Crippen molar-refractivity contribution in [2.75, 3.05) is 25.4 Å². The van der Waals surface area contributed by atoms with Crippen LogP contribution in [0.25, 0.3) is 0 Å². The lowest BCUT2D eigenvalue weighted by atomic mass is 10.0. The first kappa shape index (κ1) is 15.9. The zero-order valence-electron chi connectivity index (χ0n) is 11.9. The van der Waals surface area contributed by atoms with Gasteiger partial charge in [0.15, 0.2) is 9.84 Å². The average molecular weight is 276 g/mol. The number of nitrogens with two attached hydrogens (primary N) is 1. The van der Waals surface area contributed by atoms with Crippen molar-refractivity contribution in [1.29, 1.82) is 0 Å². The smallest absolute Gasteiger partial charge is 0.153 e. The summed E-state index contributed by atoms with van der Waals surface area (Å²) in [4.78, 5) is 2.31. The second kappa shape index (κ2) is 6.87. The molecule has 1 saturated carbocycles. The molecule has 1 rings (SSSR count). The first-order valence-electron chi connectivity index (χ1n) is 7.08. The quantitative estimate of drug-likeness (QED) is 0.760. The van der Waals surface area contributed by atoms with Gasteiger partial charge in [-0.05, 0) is 45.7 Å². The monoisotopic (exact) mass is 276 g/mol. The van der Waals surface area contributed by atoms with Crippen molar-refractivity contribution in [3.8, 4) is 0 Å². The number of nitrogens with zero attached hydrogens (tertiary/aromatic N) is 1. The average Bonchev–Trinajstić information content (AvgIpc) is 2.78. The normalized spacial score (nSPS) is 25.2. The molecule has 1 aliphatic rings. The molecule has 0 radical (unpaired) electrons. The molecule has 108 valence electrons. The van der Waals surface area contributed by atoms with Gasteiger partial charge >= 0.3 is 0 Å².